The van der Waals surface area contributed by atoms with Gasteiger partial charge in [-0.25, -0.2) is 5.43 Å². The minimum Gasteiger partial charge on any atom is -0.490 e. The molecule has 13 heteroatoms. The molecule has 0 saturated carbocycles. The summed E-state index contributed by atoms with van der Waals surface area (Å²) in [6.45, 7) is 1.67. The monoisotopic (exact) mass is 486 g/mol. The summed E-state index contributed by atoms with van der Waals surface area (Å²) in [5, 5.41) is 5.43. The molecule has 0 radical (unpaired) electrons. The van der Waals surface area contributed by atoms with Gasteiger partial charge in [-0.1, -0.05) is 11.6 Å². The van der Waals surface area contributed by atoms with E-state index in [-0.39, 0.29) is 28.8 Å². The van der Waals surface area contributed by atoms with Crippen LogP contribution in [0, 0.1) is 0 Å². The molecule has 0 spiro atoms. The van der Waals surface area contributed by atoms with E-state index in [1.807, 2.05) is 10.7 Å². The third-order valence-corrected chi connectivity index (χ3v) is 4.09. The number of alkyl halides is 3. The Morgan fingerprint density at radius 1 is 1.09 bits per heavy atom. The quantitative estimate of drug-likeness (QED) is 0.300. The van der Waals surface area contributed by atoms with Gasteiger partial charge in [-0.15, -0.1) is 0 Å². The summed E-state index contributed by atoms with van der Waals surface area (Å²) in [5.74, 6) is -2.65. The van der Waals surface area contributed by atoms with E-state index >= 15 is 0 Å². The summed E-state index contributed by atoms with van der Waals surface area (Å²) >= 11 is 5.78. The number of rotatable bonds is 8. The number of primary amides is 1. The van der Waals surface area contributed by atoms with Crippen molar-refractivity contribution < 1.29 is 37.0 Å². The lowest BCUT2D eigenvalue weighted by Crippen LogP contribution is -2.32. The topological polar surface area (TPSA) is 132 Å². The SMILES string of the molecule is CCOc1cc(/C=N/NC(=O)C(=O)Nc2cc(C(F)(F)F)ccc2Cl)ccc1OCC(N)=O. The molecule has 0 saturated heterocycles. The summed E-state index contributed by atoms with van der Waals surface area (Å²) < 4.78 is 49.1. The number of ether oxygens (including phenoxy) is 2. The number of amides is 3. The molecule has 0 aromatic heterocycles. The normalized spacial score (nSPS) is 11.2. The minimum atomic E-state index is -4.66. The predicted molar refractivity (Wildman–Crippen MR) is 113 cm³/mol. The van der Waals surface area contributed by atoms with Crippen LogP contribution in [0.5, 0.6) is 11.5 Å². The fourth-order valence-electron chi connectivity index (χ4n) is 2.33. The molecule has 33 heavy (non-hydrogen) atoms. The number of nitrogens with zero attached hydrogens (tertiary/aromatic N) is 1. The summed E-state index contributed by atoms with van der Waals surface area (Å²) in [5.41, 5.74) is 5.99. The summed E-state index contributed by atoms with van der Waals surface area (Å²) in [6.07, 6.45) is -3.47. The standard InChI is InChI=1S/C20H18ClF3N4O5/c1-2-32-16-7-11(3-6-15(16)33-10-17(25)29)9-26-28-19(31)18(30)27-14-8-12(20(22,23)24)4-5-13(14)21/h3-9H,2,10H2,1H3,(H2,25,29)(H,27,30)(H,28,31)/b26-9+. The summed E-state index contributed by atoms with van der Waals surface area (Å²) in [6, 6.07) is 6.80. The molecule has 0 fully saturated rings. The molecule has 0 heterocycles. The highest BCUT2D eigenvalue weighted by atomic mass is 35.5. The van der Waals surface area contributed by atoms with E-state index in [1.165, 1.54) is 24.4 Å². The number of benzene rings is 2. The fourth-order valence-corrected chi connectivity index (χ4v) is 2.50. The van der Waals surface area contributed by atoms with Crippen LogP contribution in [0.1, 0.15) is 18.1 Å². The van der Waals surface area contributed by atoms with Gasteiger partial charge in [0.2, 0.25) is 0 Å². The molecule has 9 nitrogen and oxygen atoms in total. The number of anilines is 1. The van der Waals surface area contributed by atoms with Crippen molar-refractivity contribution in [2.45, 2.75) is 13.1 Å². The molecular formula is C20H18ClF3N4O5. The van der Waals surface area contributed by atoms with Crippen LogP contribution in [0.3, 0.4) is 0 Å². The Balaban J connectivity index is 2.04. The van der Waals surface area contributed by atoms with Gasteiger partial charge >= 0.3 is 18.0 Å². The Hall–Kier alpha value is -3.80. The molecule has 3 amide bonds. The highest BCUT2D eigenvalue weighted by Gasteiger charge is 2.31. The zero-order valence-electron chi connectivity index (χ0n) is 17.0. The Kier molecular flexibility index (Phi) is 8.63. The zero-order chi connectivity index (χ0) is 24.6. The van der Waals surface area contributed by atoms with Crippen molar-refractivity contribution in [1.29, 1.82) is 0 Å². The molecule has 2 rings (SSSR count). The van der Waals surface area contributed by atoms with Crippen molar-refractivity contribution in [3.05, 3.63) is 52.5 Å². The maximum Gasteiger partial charge on any atom is 0.416 e. The smallest absolute Gasteiger partial charge is 0.416 e. The largest absolute Gasteiger partial charge is 0.490 e. The highest BCUT2D eigenvalue weighted by Crippen LogP contribution is 2.33. The van der Waals surface area contributed by atoms with Crippen molar-refractivity contribution in [3.8, 4) is 11.5 Å². The molecule has 0 bridgehead atoms. The maximum atomic E-state index is 12.8. The first kappa shape index (κ1) is 25.5. The molecule has 176 valence electrons. The molecule has 0 unspecified atom stereocenters. The van der Waals surface area contributed by atoms with Gasteiger partial charge in [0.05, 0.1) is 29.1 Å². The first-order chi connectivity index (χ1) is 15.5. The van der Waals surface area contributed by atoms with Crippen molar-refractivity contribution >= 4 is 41.2 Å². The third-order valence-electron chi connectivity index (χ3n) is 3.77. The molecule has 0 aliphatic carbocycles. The van der Waals surface area contributed by atoms with E-state index in [2.05, 4.69) is 5.10 Å². The van der Waals surface area contributed by atoms with E-state index in [0.717, 1.165) is 12.1 Å². The van der Waals surface area contributed by atoms with Crippen molar-refractivity contribution in [1.82, 2.24) is 5.43 Å². The lowest BCUT2D eigenvalue weighted by molar-refractivity contribution is -0.137. The lowest BCUT2D eigenvalue weighted by Gasteiger charge is -2.11. The van der Waals surface area contributed by atoms with Crippen LogP contribution in [0.4, 0.5) is 18.9 Å². The van der Waals surface area contributed by atoms with Gasteiger partial charge in [-0.05, 0) is 48.9 Å². The number of carbonyl (C=O) groups excluding carboxylic acids is 3. The number of nitrogens with two attached hydrogens (primary N) is 1. The lowest BCUT2D eigenvalue weighted by atomic mass is 10.2. The number of hydrogen-bond acceptors (Lipinski definition) is 6. The second-order valence-electron chi connectivity index (χ2n) is 6.24. The van der Waals surface area contributed by atoms with Crippen LogP contribution in [0.15, 0.2) is 41.5 Å². The van der Waals surface area contributed by atoms with Crippen LogP contribution in [-0.2, 0) is 20.6 Å². The van der Waals surface area contributed by atoms with E-state index in [9.17, 15) is 27.6 Å². The number of halogens is 4. The molecule has 0 atom stereocenters. The number of hydrogen-bond donors (Lipinski definition) is 3. The average molecular weight is 487 g/mol. The predicted octanol–water partition coefficient (Wildman–Crippen LogP) is 2.71. The van der Waals surface area contributed by atoms with E-state index in [0.29, 0.717) is 18.2 Å². The Morgan fingerprint density at radius 3 is 2.45 bits per heavy atom. The van der Waals surface area contributed by atoms with Gasteiger partial charge in [-0.2, -0.15) is 18.3 Å². The molecule has 0 aliphatic heterocycles. The summed E-state index contributed by atoms with van der Waals surface area (Å²) in [4.78, 5) is 34.7. The summed E-state index contributed by atoms with van der Waals surface area (Å²) in [7, 11) is 0. The fraction of sp³-hybridized carbons (Fsp3) is 0.200. The number of hydrazone groups is 1. The second-order valence-corrected chi connectivity index (χ2v) is 6.65. The van der Waals surface area contributed by atoms with E-state index in [4.69, 9.17) is 26.8 Å². The van der Waals surface area contributed by atoms with E-state index < -0.39 is 29.5 Å². The van der Waals surface area contributed by atoms with Crippen LogP contribution in [0.25, 0.3) is 0 Å². The van der Waals surface area contributed by atoms with Gasteiger partial charge in [0.1, 0.15) is 0 Å². The average Bonchev–Trinajstić information content (AvgIpc) is 2.73. The molecule has 2 aromatic rings. The maximum absolute atomic E-state index is 12.8. The van der Waals surface area contributed by atoms with E-state index in [1.54, 1.807) is 6.92 Å². The Bertz CT molecular complexity index is 1080. The van der Waals surface area contributed by atoms with Gasteiger partial charge in [0.15, 0.2) is 18.1 Å². The Labute approximate surface area is 190 Å². The van der Waals surface area contributed by atoms with Crippen LogP contribution in [-0.4, -0.2) is 37.1 Å². The zero-order valence-corrected chi connectivity index (χ0v) is 17.8. The number of nitrogens with one attached hydrogen (secondary N) is 2. The van der Waals surface area contributed by atoms with Gasteiger partial charge in [0, 0.05) is 0 Å². The molecule has 4 N–H and O–H groups in total. The number of carbonyl (C=O) groups is 3. The molecule has 0 aliphatic rings. The van der Waals surface area contributed by atoms with Gasteiger partial charge in [0.25, 0.3) is 5.91 Å². The first-order valence-corrected chi connectivity index (χ1v) is 9.58. The highest BCUT2D eigenvalue weighted by molar-refractivity contribution is 6.41. The Morgan fingerprint density at radius 2 is 1.82 bits per heavy atom. The van der Waals surface area contributed by atoms with Crippen LogP contribution < -0.4 is 25.9 Å². The van der Waals surface area contributed by atoms with Crippen molar-refractivity contribution in [2.75, 3.05) is 18.5 Å². The third kappa shape index (κ3) is 7.68. The minimum absolute atomic E-state index is 0.185. The second kappa shape index (κ2) is 11.2. The van der Waals surface area contributed by atoms with Crippen molar-refractivity contribution in [3.63, 3.8) is 0 Å². The van der Waals surface area contributed by atoms with Crippen LogP contribution in [0.2, 0.25) is 5.02 Å². The van der Waals surface area contributed by atoms with Crippen LogP contribution >= 0.6 is 11.6 Å². The molecule has 2 aromatic carbocycles. The van der Waals surface area contributed by atoms with Crippen molar-refractivity contribution in [2.24, 2.45) is 10.8 Å². The van der Waals surface area contributed by atoms with Gasteiger partial charge in [-0.3, -0.25) is 14.4 Å². The first-order valence-electron chi connectivity index (χ1n) is 9.20. The van der Waals surface area contributed by atoms with Gasteiger partial charge < -0.3 is 20.5 Å². The molecular weight excluding hydrogens is 469 g/mol.